The van der Waals surface area contributed by atoms with E-state index in [-0.39, 0.29) is 37.0 Å². The Morgan fingerprint density at radius 3 is 2.03 bits per heavy atom. The van der Waals surface area contributed by atoms with E-state index in [9.17, 15) is 23.2 Å². The summed E-state index contributed by atoms with van der Waals surface area (Å²) in [6, 6.07) is 11.8. The van der Waals surface area contributed by atoms with Crippen LogP contribution in [-0.4, -0.2) is 23.2 Å². The molecule has 0 fully saturated rings. The zero-order valence-electron chi connectivity index (χ0n) is 14.3. The maximum Gasteiger partial charge on any atom is 0.283 e. The molecule has 0 saturated heterocycles. The summed E-state index contributed by atoms with van der Waals surface area (Å²) in [5, 5.41) is 20.1. The summed E-state index contributed by atoms with van der Waals surface area (Å²) in [5.74, 6) is -0.984. The number of halogens is 4. The molecule has 10 heteroatoms. The van der Waals surface area contributed by atoms with Crippen molar-refractivity contribution in [3.8, 4) is 11.5 Å². The fourth-order valence-electron chi connectivity index (χ4n) is 3.23. The second-order valence-corrected chi connectivity index (χ2v) is 9.22. The Kier molecular flexibility index (Phi) is 5.98. The monoisotopic (exact) mass is 492 g/mol. The molecule has 0 saturated carbocycles. The number of hydrogen-bond donors (Lipinski definition) is 3. The molecule has 0 spiro atoms. The largest absolute Gasteiger partial charge is 0.508 e. The van der Waals surface area contributed by atoms with Crippen molar-refractivity contribution < 1.29 is 23.2 Å². The smallest absolute Gasteiger partial charge is 0.283 e. The zero-order chi connectivity index (χ0) is 21.6. The lowest BCUT2D eigenvalue weighted by atomic mass is 9.83. The Balaban J connectivity index is 2.68. The third kappa shape index (κ3) is 3.54. The van der Waals surface area contributed by atoms with Crippen molar-refractivity contribution >= 4 is 56.5 Å². The average Bonchev–Trinajstić information content (AvgIpc) is 2.64. The fraction of sp³-hybridized carbons (Fsp3) is 0.0526. The van der Waals surface area contributed by atoms with Crippen molar-refractivity contribution in [2.24, 2.45) is 0 Å². The molecule has 29 heavy (non-hydrogen) atoms. The number of hydrogen-bond acceptors (Lipinski definition) is 4. The molecule has 0 amide bonds. The van der Waals surface area contributed by atoms with Crippen molar-refractivity contribution in [3.63, 3.8) is 0 Å². The van der Waals surface area contributed by atoms with Gasteiger partial charge in [0.15, 0.2) is 4.75 Å². The fourth-order valence-corrected chi connectivity index (χ4v) is 5.57. The summed E-state index contributed by atoms with van der Waals surface area (Å²) in [6.07, 6.45) is 0. The molecule has 1 atom stereocenters. The van der Waals surface area contributed by atoms with Gasteiger partial charge in [-0.25, -0.2) is 0 Å². The van der Waals surface area contributed by atoms with E-state index in [4.69, 9.17) is 46.4 Å². The first-order valence-electron chi connectivity index (χ1n) is 7.90. The van der Waals surface area contributed by atoms with E-state index in [0.717, 1.165) is 6.07 Å². The lowest BCUT2D eigenvalue weighted by Crippen LogP contribution is -2.39. The average molecular weight is 494 g/mol. The molecule has 0 heterocycles. The number of aromatic hydroxyl groups is 2. The van der Waals surface area contributed by atoms with Crippen LogP contribution in [0.4, 0.5) is 0 Å². The highest BCUT2D eigenvalue weighted by atomic mass is 35.5. The Hall–Kier alpha value is -1.67. The normalized spacial score (nSPS) is 13.8. The molecule has 0 radical (unpaired) electrons. The summed E-state index contributed by atoms with van der Waals surface area (Å²) in [7, 11) is -5.16. The lowest BCUT2D eigenvalue weighted by molar-refractivity contribution is 0.439. The predicted octanol–water partition coefficient (Wildman–Crippen LogP) is 5.89. The van der Waals surface area contributed by atoms with E-state index < -0.39 is 26.2 Å². The SMILES string of the molecule is O=S(=O)(O)C(c1cccc(O)c1)(c1cccc(Cl)c1Cl)c1c(Cl)ccc(Cl)c1O. The topological polar surface area (TPSA) is 94.8 Å². The van der Waals surface area contributed by atoms with Gasteiger partial charge in [-0.05, 0) is 35.9 Å². The minimum absolute atomic E-state index is 0.00464. The third-order valence-corrected chi connectivity index (χ3v) is 7.27. The number of benzene rings is 3. The van der Waals surface area contributed by atoms with Crippen molar-refractivity contribution in [2.75, 3.05) is 0 Å². The second kappa shape index (κ2) is 7.87. The van der Waals surface area contributed by atoms with E-state index in [2.05, 4.69) is 0 Å². The van der Waals surface area contributed by atoms with E-state index in [1.165, 1.54) is 48.5 Å². The quantitative estimate of drug-likeness (QED) is 0.311. The molecule has 0 aromatic heterocycles. The van der Waals surface area contributed by atoms with Gasteiger partial charge in [-0.3, -0.25) is 4.55 Å². The van der Waals surface area contributed by atoms with Gasteiger partial charge in [0.05, 0.1) is 15.1 Å². The first-order valence-corrected chi connectivity index (χ1v) is 10.9. The summed E-state index contributed by atoms with van der Waals surface area (Å²) >= 11 is 24.8. The van der Waals surface area contributed by atoms with Gasteiger partial charge in [-0.2, -0.15) is 8.42 Å². The molecule has 5 nitrogen and oxygen atoms in total. The summed E-state index contributed by atoms with van der Waals surface area (Å²) in [6.45, 7) is 0. The van der Waals surface area contributed by atoms with Gasteiger partial charge in [-0.15, -0.1) is 0 Å². The van der Waals surface area contributed by atoms with Crippen molar-refractivity contribution in [1.82, 2.24) is 0 Å². The van der Waals surface area contributed by atoms with Crippen LogP contribution in [0.2, 0.25) is 20.1 Å². The van der Waals surface area contributed by atoms with Crippen LogP contribution < -0.4 is 0 Å². The minimum Gasteiger partial charge on any atom is -0.508 e. The van der Waals surface area contributed by atoms with Crippen molar-refractivity contribution in [2.45, 2.75) is 4.75 Å². The highest BCUT2D eigenvalue weighted by Gasteiger charge is 2.53. The second-order valence-electron chi connectivity index (χ2n) is 6.06. The molecular weight excluding hydrogens is 482 g/mol. The number of phenols is 2. The van der Waals surface area contributed by atoms with E-state index in [1.54, 1.807) is 0 Å². The Bertz CT molecular complexity index is 1210. The molecule has 0 aliphatic carbocycles. The Morgan fingerprint density at radius 2 is 1.41 bits per heavy atom. The number of phenolic OH excluding ortho intramolecular Hbond substituents is 2. The molecule has 1 unspecified atom stereocenters. The molecule has 3 aromatic rings. The summed E-state index contributed by atoms with van der Waals surface area (Å²) in [5.41, 5.74) is -0.785. The van der Waals surface area contributed by atoms with Crippen molar-refractivity contribution in [1.29, 1.82) is 0 Å². The standard InChI is InChI=1S/C19H12Cl4O5S/c20-13-7-8-15(22)18(25)16(13)19(29(26,27)28,10-3-1-4-11(24)9-10)12-5-2-6-14(21)17(12)23/h1-9,24-25H,(H,26,27,28). The van der Waals surface area contributed by atoms with E-state index in [1.807, 2.05) is 0 Å². The van der Waals surface area contributed by atoms with Gasteiger partial charge in [-0.1, -0.05) is 70.7 Å². The Morgan fingerprint density at radius 1 is 0.793 bits per heavy atom. The predicted molar refractivity (Wildman–Crippen MR) is 114 cm³/mol. The van der Waals surface area contributed by atoms with Gasteiger partial charge >= 0.3 is 0 Å². The maximum atomic E-state index is 13.0. The van der Waals surface area contributed by atoms with Gasteiger partial charge < -0.3 is 10.2 Å². The summed E-state index contributed by atoms with van der Waals surface area (Å²) in [4.78, 5) is 0. The van der Waals surface area contributed by atoms with Crippen LogP contribution >= 0.6 is 46.4 Å². The first kappa shape index (κ1) is 22.0. The van der Waals surface area contributed by atoms with E-state index in [0.29, 0.717) is 0 Å². The van der Waals surface area contributed by atoms with Crippen LogP contribution in [0.15, 0.2) is 54.6 Å². The van der Waals surface area contributed by atoms with Gasteiger partial charge in [0.25, 0.3) is 10.1 Å². The third-order valence-electron chi connectivity index (χ3n) is 4.40. The number of rotatable bonds is 4. The van der Waals surface area contributed by atoms with Gasteiger partial charge in [0.1, 0.15) is 11.5 Å². The zero-order valence-corrected chi connectivity index (χ0v) is 18.1. The molecule has 152 valence electrons. The lowest BCUT2D eigenvalue weighted by Gasteiger charge is -2.34. The molecule has 3 rings (SSSR count). The van der Waals surface area contributed by atoms with Crippen LogP contribution in [0.25, 0.3) is 0 Å². The maximum absolute atomic E-state index is 13.0. The van der Waals surface area contributed by atoms with E-state index >= 15 is 0 Å². The van der Waals surface area contributed by atoms with Crippen LogP contribution in [0.1, 0.15) is 16.7 Å². The van der Waals surface area contributed by atoms with Crippen molar-refractivity contribution in [3.05, 3.63) is 91.4 Å². The van der Waals surface area contributed by atoms with Gasteiger partial charge in [0.2, 0.25) is 0 Å². The Labute approximate surface area is 186 Å². The molecule has 0 bridgehead atoms. The first-order chi connectivity index (χ1) is 13.5. The highest BCUT2D eigenvalue weighted by molar-refractivity contribution is 7.87. The van der Waals surface area contributed by atoms with Crippen LogP contribution in [-0.2, 0) is 14.9 Å². The minimum atomic E-state index is -5.16. The van der Waals surface area contributed by atoms with Crippen LogP contribution in [0.3, 0.4) is 0 Å². The highest BCUT2D eigenvalue weighted by Crippen LogP contribution is 2.53. The molecule has 0 aliphatic rings. The molecule has 0 aliphatic heterocycles. The molecule has 3 aromatic carbocycles. The molecule has 3 N–H and O–H groups in total. The van der Waals surface area contributed by atoms with Gasteiger partial charge in [0, 0.05) is 16.1 Å². The van der Waals surface area contributed by atoms with Crippen LogP contribution in [0, 0.1) is 0 Å². The summed E-state index contributed by atoms with van der Waals surface area (Å²) < 4.78 is 34.0. The van der Waals surface area contributed by atoms with Crippen LogP contribution in [0.5, 0.6) is 11.5 Å². The molecular formula is C19H12Cl4O5S.